The van der Waals surface area contributed by atoms with Crippen LogP contribution in [0.2, 0.25) is 0 Å². The molecule has 2 heterocycles. The Kier molecular flexibility index (Phi) is 5.77. The number of imidazole rings is 2. The van der Waals surface area contributed by atoms with Crippen molar-refractivity contribution in [2.75, 3.05) is 0 Å². The van der Waals surface area contributed by atoms with Crippen LogP contribution in [0, 0.1) is 10.8 Å². The summed E-state index contributed by atoms with van der Waals surface area (Å²) in [4.78, 5) is 16.1. The van der Waals surface area contributed by atoms with Gasteiger partial charge in [0.25, 0.3) is 0 Å². The van der Waals surface area contributed by atoms with Crippen molar-refractivity contribution < 1.29 is 0 Å². The Morgan fingerprint density at radius 3 is 1.89 bits per heavy atom. The molecule has 36 heavy (non-hydrogen) atoms. The van der Waals surface area contributed by atoms with Crippen molar-refractivity contribution in [3.05, 3.63) is 72.4 Å². The molecule has 0 fully saturated rings. The van der Waals surface area contributed by atoms with Gasteiger partial charge in [-0.2, -0.15) is 0 Å². The molecule has 0 aliphatic heterocycles. The summed E-state index contributed by atoms with van der Waals surface area (Å²) in [7, 11) is 0. The monoisotopic (exact) mass is 480 g/mol. The summed E-state index contributed by atoms with van der Waals surface area (Å²) in [5, 5.41) is 2.36. The third-order valence-corrected chi connectivity index (χ3v) is 7.04. The maximum Gasteiger partial charge on any atom is 0.124 e. The molecule has 6 N–H and O–H groups in total. The highest BCUT2D eigenvalue weighted by Gasteiger charge is 2.26. The Bertz CT molecular complexity index is 1540. The van der Waals surface area contributed by atoms with Crippen LogP contribution >= 0.6 is 0 Å². The van der Waals surface area contributed by atoms with Crippen molar-refractivity contribution in [3.63, 3.8) is 0 Å². The molecule has 5 rings (SSSR count). The second-order valence-corrected chi connectivity index (χ2v) is 12.0. The number of H-pyrrole nitrogens is 2. The zero-order chi connectivity index (χ0) is 25.8. The Hall–Kier alpha value is -3.48. The summed E-state index contributed by atoms with van der Waals surface area (Å²) in [5.74, 6) is 1.64. The minimum atomic E-state index is -0.154. The Morgan fingerprint density at radius 1 is 0.667 bits per heavy atom. The van der Waals surface area contributed by atoms with E-state index in [0.717, 1.165) is 45.1 Å². The minimum Gasteiger partial charge on any atom is -0.341 e. The predicted octanol–water partition coefficient (Wildman–Crippen LogP) is 6.87. The molecule has 2 atom stereocenters. The molecule has 0 amide bonds. The largest absolute Gasteiger partial charge is 0.341 e. The SMILES string of the molecule is CC(C)(C)C(N)c1nc2ccc(-c3ccc4cc(-c5cnc([C@@H](N)C(C)(C)C)[nH]5)ccc4c3)cc2[nH]1. The molecule has 0 radical (unpaired) electrons. The lowest BCUT2D eigenvalue weighted by atomic mass is 9.87. The summed E-state index contributed by atoms with van der Waals surface area (Å²) >= 11 is 0. The average molecular weight is 481 g/mol. The molecule has 0 saturated heterocycles. The maximum absolute atomic E-state index is 6.43. The summed E-state index contributed by atoms with van der Waals surface area (Å²) in [5.41, 5.74) is 19.0. The number of hydrogen-bond donors (Lipinski definition) is 4. The molecule has 0 aliphatic carbocycles. The smallest absolute Gasteiger partial charge is 0.124 e. The van der Waals surface area contributed by atoms with Crippen molar-refractivity contribution >= 4 is 21.8 Å². The first-order valence-corrected chi connectivity index (χ1v) is 12.5. The van der Waals surface area contributed by atoms with Gasteiger partial charge in [-0.1, -0.05) is 71.9 Å². The molecule has 2 aromatic heterocycles. The van der Waals surface area contributed by atoms with Gasteiger partial charge in [-0.3, -0.25) is 0 Å². The van der Waals surface area contributed by atoms with Crippen LogP contribution in [0.4, 0.5) is 0 Å². The van der Waals surface area contributed by atoms with Crippen molar-refractivity contribution in [3.8, 4) is 22.4 Å². The van der Waals surface area contributed by atoms with Crippen molar-refractivity contribution in [1.29, 1.82) is 0 Å². The third-order valence-electron chi connectivity index (χ3n) is 7.04. The highest BCUT2D eigenvalue weighted by molar-refractivity contribution is 5.91. The molecule has 6 heteroatoms. The average Bonchev–Trinajstić information content (AvgIpc) is 3.48. The first-order chi connectivity index (χ1) is 16.9. The number of benzene rings is 3. The lowest BCUT2D eigenvalue weighted by molar-refractivity contribution is 0.317. The number of nitrogens with one attached hydrogen (secondary N) is 2. The zero-order valence-corrected chi connectivity index (χ0v) is 22.0. The Balaban J connectivity index is 1.44. The van der Waals surface area contributed by atoms with Crippen LogP contribution in [-0.2, 0) is 0 Å². The number of aromatic nitrogens is 4. The quantitative estimate of drug-likeness (QED) is 0.225. The minimum absolute atomic E-state index is 0.0612. The van der Waals surface area contributed by atoms with E-state index in [2.05, 4.69) is 111 Å². The number of rotatable bonds is 4. The summed E-state index contributed by atoms with van der Waals surface area (Å²) in [6, 6.07) is 19.1. The standard InChI is InChI=1S/C30H36N6/c1-29(2,3)25(31)27-33-16-24(36-27)21-10-9-17-13-18(7-8-19(17)14-21)20-11-12-22-23(15-20)35-28(34-22)26(32)30(4,5)6/h7-16,25-26H,31-32H2,1-6H3,(H,33,36)(H,34,35)/t25-,26?/m1/s1. The molecule has 0 saturated carbocycles. The lowest BCUT2D eigenvalue weighted by Gasteiger charge is -2.25. The summed E-state index contributed by atoms with van der Waals surface area (Å²) in [6.45, 7) is 12.8. The van der Waals surface area contributed by atoms with Gasteiger partial charge >= 0.3 is 0 Å². The summed E-state index contributed by atoms with van der Waals surface area (Å²) < 4.78 is 0. The fraction of sp³-hybridized carbons (Fsp3) is 0.333. The molecule has 0 bridgehead atoms. The molecule has 0 aliphatic rings. The maximum atomic E-state index is 6.43. The van der Waals surface area contributed by atoms with E-state index in [1.54, 1.807) is 0 Å². The first-order valence-electron chi connectivity index (χ1n) is 12.5. The second-order valence-electron chi connectivity index (χ2n) is 12.0. The van der Waals surface area contributed by atoms with Crippen molar-refractivity contribution in [2.45, 2.75) is 53.6 Å². The van der Waals surface area contributed by atoms with E-state index in [0.29, 0.717) is 0 Å². The van der Waals surface area contributed by atoms with Crippen molar-refractivity contribution in [2.24, 2.45) is 22.3 Å². The van der Waals surface area contributed by atoms with Gasteiger partial charge in [0, 0.05) is 5.56 Å². The number of nitrogens with zero attached hydrogens (tertiary/aromatic N) is 2. The molecule has 3 aromatic carbocycles. The number of nitrogens with two attached hydrogens (primary N) is 2. The van der Waals surface area contributed by atoms with Gasteiger partial charge < -0.3 is 21.4 Å². The highest BCUT2D eigenvalue weighted by Crippen LogP contribution is 2.33. The Labute approximate surface area is 212 Å². The fourth-order valence-corrected chi connectivity index (χ4v) is 4.41. The van der Waals surface area contributed by atoms with Gasteiger partial charge in [-0.25, -0.2) is 9.97 Å². The summed E-state index contributed by atoms with van der Waals surface area (Å²) in [6.07, 6.45) is 1.87. The van der Waals surface area contributed by atoms with E-state index < -0.39 is 0 Å². The molecule has 1 unspecified atom stereocenters. The molecular weight excluding hydrogens is 444 g/mol. The number of aromatic amines is 2. The van der Waals surface area contributed by atoms with Crippen LogP contribution in [-0.4, -0.2) is 19.9 Å². The second kappa shape index (κ2) is 8.57. The van der Waals surface area contributed by atoms with Gasteiger partial charge in [0.2, 0.25) is 0 Å². The molecule has 6 nitrogen and oxygen atoms in total. The van der Waals surface area contributed by atoms with Gasteiger partial charge in [0.15, 0.2) is 0 Å². The van der Waals surface area contributed by atoms with E-state index >= 15 is 0 Å². The van der Waals surface area contributed by atoms with Gasteiger partial charge in [0.05, 0.1) is 35.0 Å². The van der Waals surface area contributed by atoms with E-state index in [9.17, 15) is 0 Å². The van der Waals surface area contributed by atoms with E-state index in [1.807, 2.05) is 6.20 Å². The van der Waals surface area contributed by atoms with Crippen LogP contribution in [0.25, 0.3) is 44.2 Å². The van der Waals surface area contributed by atoms with Crippen molar-refractivity contribution in [1.82, 2.24) is 19.9 Å². The number of hydrogen-bond acceptors (Lipinski definition) is 4. The molecule has 5 aromatic rings. The van der Waals surface area contributed by atoms with Crippen LogP contribution in [0.15, 0.2) is 60.8 Å². The molecule has 0 spiro atoms. The third kappa shape index (κ3) is 4.54. The van der Waals surface area contributed by atoms with Crippen LogP contribution < -0.4 is 11.5 Å². The van der Waals surface area contributed by atoms with Crippen LogP contribution in [0.3, 0.4) is 0 Å². The van der Waals surface area contributed by atoms with Gasteiger partial charge in [0.1, 0.15) is 11.6 Å². The predicted molar refractivity (Wildman–Crippen MR) is 149 cm³/mol. The molecular formula is C30H36N6. The first kappa shape index (κ1) is 24.2. The lowest BCUT2D eigenvalue weighted by Crippen LogP contribution is -2.27. The van der Waals surface area contributed by atoms with Gasteiger partial charge in [-0.15, -0.1) is 0 Å². The zero-order valence-electron chi connectivity index (χ0n) is 22.0. The normalized spacial score (nSPS) is 14.4. The van der Waals surface area contributed by atoms with Crippen LogP contribution in [0.1, 0.15) is 65.3 Å². The fourth-order valence-electron chi connectivity index (χ4n) is 4.41. The van der Waals surface area contributed by atoms with E-state index in [4.69, 9.17) is 16.5 Å². The molecule has 186 valence electrons. The van der Waals surface area contributed by atoms with Crippen LogP contribution in [0.5, 0.6) is 0 Å². The van der Waals surface area contributed by atoms with Gasteiger partial charge in [-0.05, 0) is 57.0 Å². The topological polar surface area (TPSA) is 109 Å². The Morgan fingerprint density at radius 2 is 1.22 bits per heavy atom. The number of fused-ring (bicyclic) bond motifs is 2. The van der Waals surface area contributed by atoms with E-state index in [1.165, 1.54) is 10.8 Å². The van der Waals surface area contributed by atoms with E-state index in [-0.39, 0.29) is 22.9 Å². The highest BCUT2D eigenvalue weighted by atomic mass is 15.0.